The molecule has 1 N–H and O–H groups in total. The van der Waals surface area contributed by atoms with Crippen LogP contribution in [0.15, 0.2) is 23.4 Å². The van der Waals surface area contributed by atoms with E-state index in [2.05, 4.69) is 11.2 Å². The van der Waals surface area contributed by atoms with Gasteiger partial charge in [-0.1, -0.05) is 5.16 Å². The van der Waals surface area contributed by atoms with Crippen LogP contribution in [0.3, 0.4) is 0 Å². The number of hydrogen-bond donors (Lipinski definition) is 1. The Bertz CT molecular complexity index is 556. The fourth-order valence-corrected chi connectivity index (χ4v) is 2.40. The van der Waals surface area contributed by atoms with Crippen molar-refractivity contribution in [2.24, 2.45) is 10.6 Å². The minimum Gasteiger partial charge on any atom is -0.494 e. The Labute approximate surface area is 119 Å². The average molecular weight is 272 g/mol. The lowest BCUT2D eigenvalue weighted by atomic mass is 9.90. The van der Waals surface area contributed by atoms with Crippen LogP contribution in [0.25, 0.3) is 0 Å². The number of benzene rings is 1. The van der Waals surface area contributed by atoms with E-state index in [0.29, 0.717) is 6.61 Å². The van der Waals surface area contributed by atoms with E-state index in [0.717, 1.165) is 42.7 Å². The van der Waals surface area contributed by atoms with Crippen LogP contribution in [0.2, 0.25) is 0 Å². The number of hydrogen-bond acceptors (Lipinski definition) is 4. The Kier molecular flexibility index (Phi) is 4.29. The van der Waals surface area contributed by atoms with Crippen molar-refractivity contribution in [2.45, 2.75) is 39.5 Å². The smallest absolute Gasteiger partial charge is 0.119 e. The second-order valence-electron chi connectivity index (χ2n) is 5.81. The molecule has 0 spiro atoms. The fraction of sp³-hybridized carbons (Fsp3) is 0.500. The fourth-order valence-electron chi connectivity index (χ4n) is 2.40. The van der Waals surface area contributed by atoms with Crippen molar-refractivity contribution < 1.29 is 9.94 Å². The zero-order chi connectivity index (χ0) is 14.6. The molecule has 0 saturated heterocycles. The van der Waals surface area contributed by atoms with Crippen molar-refractivity contribution in [3.05, 3.63) is 29.3 Å². The maximum Gasteiger partial charge on any atom is 0.119 e. The van der Waals surface area contributed by atoms with Crippen LogP contribution in [0.4, 0.5) is 0 Å². The van der Waals surface area contributed by atoms with Gasteiger partial charge in [-0.3, -0.25) is 0 Å². The molecule has 4 heteroatoms. The summed E-state index contributed by atoms with van der Waals surface area (Å²) < 4.78 is 5.73. The first-order valence-corrected chi connectivity index (χ1v) is 6.94. The van der Waals surface area contributed by atoms with Crippen LogP contribution < -0.4 is 4.74 Å². The van der Waals surface area contributed by atoms with Crippen molar-refractivity contribution in [3.8, 4) is 11.8 Å². The Morgan fingerprint density at radius 1 is 1.40 bits per heavy atom. The van der Waals surface area contributed by atoms with Gasteiger partial charge < -0.3 is 9.94 Å². The highest BCUT2D eigenvalue weighted by molar-refractivity contribution is 6.04. The first-order chi connectivity index (χ1) is 9.55. The molecule has 0 fully saturated rings. The minimum atomic E-state index is -0.284. The SMILES string of the molecule is CC(C)(C#N)CCCOc1ccc2c(c1)CC/C2=N\O. The van der Waals surface area contributed by atoms with Gasteiger partial charge in [-0.15, -0.1) is 0 Å². The summed E-state index contributed by atoms with van der Waals surface area (Å²) in [6.07, 6.45) is 3.37. The highest BCUT2D eigenvalue weighted by Crippen LogP contribution is 2.27. The number of oxime groups is 1. The Morgan fingerprint density at radius 2 is 2.20 bits per heavy atom. The summed E-state index contributed by atoms with van der Waals surface area (Å²) >= 11 is 0. The van der Waals surface area contributed by atoms with E-state index in [1.165, 1.54) is 5.56 Å². The molecular formula is C16H20N2O2. The number of fused-ring (bicyclic) bond motifs is 1. The van der Waals surface area contributed by atoms with Crippen LogP contribution in [-0.4, -0.2) is 17.5 Å². The molecule has 0 aliphatic heterocycles. The monoisotopic (exact) mass is 272 g/mol. The van der Waals surface area contributed by atoms with Gasteiger partial charge in [0, 0.05) is 5.56 Å². The molecule has 106 valence electrons. The quantitative estimate of drug-likeness (QED) is 0.506. The molecule has 0 bridgehead atoms. The Balaban J connectivity index is 1.88. The second-order valence-corrected chi connectivity index (χ2v) is 5.81. The van der Waals surface area contributed by atoms with Gasteiger partial charge in [0.1, 0.15) is 5.75 Å². The summed E-state index contributed by atoms with van der Waals surface area (Å²) in [5.74, 6) is 0.845. The zero-order valence-electron chi connectivity index (χ0n) is 12.0. The highest BCUT2D eigenvalue weighted by Gasteiger charge is 2.19. The standard InChI is InChI=1S/C16H20N2O2/c1-16(2,11-17)8-3-9-20-13-5-6-14-12(10-13)4-7-15(14)18-19/h5-6,10,19H,3-4,7-9H2,1-2H3/b18-15+. The van der Waals surface area contributed by atoms with Gasteiger partial charge in [-0.2, -0.15) is 5.26 Å². The molecule has 20 heavy (non-hydrogen) atoms. The summed E-state index contributed by atoms with van der Waals surface area (Å²) in [4.78, 5) is 0. The predicted molar refractivity (Wildman–Crippen MR) is 77.2 cm³/mol. The first-order valence-electron chi connectivity index (χ1n) is 6.94. The van der Waals surface area contributed by atoms with E-state index in [1.807, 2.05) is 32.0 Å². The molecule has 0 heterocycles. The Morgan fingerprint density at radius 3 is 2.90 bits per heavy atom. The molecule has 1 aromatic carbocycles. The summed E-state index contributed by atoms with van der Waals surface area (Å²) in [5.41, 5.74) is 2.66. The zero-order valence-corrected chi connectivity index (χ0v) is 12.0. The van der Waals surface area contributed by atoms with Crippen molar-refractivity contribution in [1.29, 1.82) is 5.26 Å². The number of ether oxygens (including phenoxy) is 1. The van der Waals surface area contributed by atoms with E-state index < -0.39 is 0 Å². The average Bonchev–Trinajstić information content (AvgIpc) is 2.86. The second kappa shape index (κ2) is 5.96. The molecule has 0 aromatic heterocycles. The molecule has 0 amide bonds. The van der Waals surface area contributed by atoms with E-state index in [-0.39, 0.29) is 5.41 Å². The van der Waals surface area contributed by atoms with Gasteiger partial charge in [0.15, 0.2) is 0 Å². The van der Waals surface area contributed by atoms with E-state index in [4.69, 9.17) is 15.2 Å². The maximum absolute atomic E-state index is 8.94. The summed E-state index contributed by atoms with van der Waals surface area (Å²) in [6, 6.07) is 8.17. The van der Waals surface area contributed by atoms with Crippen LogP contribution >= 0.6 is 0 Å². The van der Waals surface area contributed by atoms with Gasteiger partial charge in [-0.05, 0) is 63.3 Å². The molecule has 1 aliphatic carbocycles. The normalized spacial score (nSPS) is 15.9. The predicted octanol–water partition coefficient (Wildman–Crippen LogP) is 3.52. The molecule has 1 aliphatic rings. The van der Waals surface area contributed by atoms with Gasteiger partial charge >= 0.3 is 0 Å². The Hall–Kier alpha value is -2.02. The van der Waals surface area contributed by atoms with Gasteiger partial charge in [-0.25, -0.2) is 0 Å². The van der Waals surface area contributed by atoms with E-state index in [1.54, 1.807) is 0 Å². The van der Waals surface area contributed by atoms with Gasteiger partial charge in [0.2, 0.25) is 0 Å². The van der Waals surface area contributed by atoms with Gasteiger partial charge in [0.25, 0.3) is 0 Å². The molecule has 1 aromatic rings. The molecule has 0 radical (unpaired) electrons. The molecule has 0 saturated carbocycles. The van der Waals surface area contributed by atoms with Crippen LogP contribution in [0.5, 0.6) is 5.75 Å². The molecule has 2 rings (SSSR count). The summed E-state index contributed by atoms with van der Waals surface area (Å²) in [6.45, 7) is 4.50. The largest absolute Gasteiger partial charge is 0.494 e. The molecule has 0 unspecified atom stereocenters. The first kappa shape index (κ1) is 14.4. The van der Waals surface area contributed by atoms with Crippen molar-refractivity contribution in [2.75, 3.05) is 6.61 Å². The van der Waals surface area contributed by atoms with E-state index >= 15 is 0 Å². The summed E-state index contributed by atoms with van der Waals surface area (Å²) in [5, 5.41) is 21.1. The lowest BCUT2D eigenvalue weighted by molar-refractivity contribution is 0.284. The lowest BCUT2D eigenvalue weighted by Gasteiger charge is -2.15. The van der Waals surface area contributed by atoms with Crippen molar-refractivity contribution in [3.63, 3.8) is 0 Å². The van der Waals surface area contributed by atoms with Crippen LogP contribution in [-0.2, 0) is 6.42 Å². The van der Waals surface area contributed by atoms with Crippen molar-refractivity contribution in [1.82, 2.24) is 0 Å². The third-order valence-corrected chi connectivity index (χ3v) is 3.66. The number of rotatable bonds is 5. The topological polar surface area (TPSA) is 65.6 Å². The number of aryl methyl sites for hydroxylation is 1. The maximum atomic E-state index is 8.94. The van der Waals surface area contributed by atoms with Crippen molar-refractivity contribution >= 4 is 5.71 Å². The van der Waals surface area contributed by atoms with Gasteiger partial charge in [0.05, 0.1) is 23.8 Å². The highest BCUT2D eigenvalue weighted by atomic mass is 16.5. The lowest BCUT2D eigenvalue weighted by Crippen LogP contribution is -2.10. The number of nitriles is 1. The summed E-state index contributed by atoms with van der Waals surface area (Å²) in [7, 11) is 0. The van der Waals surface area contributed by atoms with E-state index in [9.17, 15) is 0 Å². The molecule has 0 atom stereocenters. The van der Waals surface area contributed by atoms with Crippen LogP contribution in [0.1, 0.15) is 44.2 Å². The number of nitrogens with zero attached hydrogens (tertiary/aromatic N) is 2. The van der Waals surface area contributed by atoms with Crippen LogP contribution in [0, 0.1) is 16.7 Å². The third kappa shape index (κ3) is 3.30. The molecular weight excluding hydrogens is 252 g/mol. The molecule has 4 nitrogen and oxygen atoms in total. The third-order valence-electron chi connectivity index (χ3n) is 3.66. The minimum absolute atomic E-state index is 0.284.